The molecule has 1 aliphatic heterocycles. The summed E-state index contributed by atoms with van der Waals surface area (Å²) in [6.07, 6.45) is 1.40. The van der Waals surface area contributed by atoms with Gasteiger partial charge in [-0.3, -0.25) is 9.59 Å². The molecule has 2 atom stereocenters. The van der Waals surface area contributed by atoms with Gasteiger partial charge in [-0.1, -0.05) is 84.4 Å². The molecule has 4 rings (SSSR count). The minimum absolute atomic E-state index is 0.163. The van der Waals surface area contributed by atoms with Gasteiger partial charge in [-0.25, -0.2) is 0 Å². The molecule has 0 aliphatic carbocycles. The van der Waals surface area contributed by atoms with Crippen molar-refractivity contribution >= 4 is 23.4 Å². The third kappa shape index (κ3) is 5.44. The van der Waals surface area contributed by atoms with E-state index in [2.05, 4.69) is 5.32 Å². The molecule has 3 aromatic rings. The molecule has 1 saturated heterocycles. The first kappa shape index (κ1) is 23.0. The van der Waals surface area contributed by atoms with E-state index in [1.165, 1.54) is 0 Å². The van der Waals surface area contributed by atoms with E-state index in [4.69, 9.17) is 17.3 Å². The summed E-state index contributed by atoms with van der Waals surface area (Å²) < 4.78 is 0. The minimum atomic E-state index is -0.795. The van der Waals surface area contributed by atoms with Gasteiger partial charge in [0.05, 0.1) is 6.04 Å². The lowest BCUT2D eigenvalue weighted by molar-refractivity contribution is -0.139. The second-order valence-electron chi connectivity index (χ2n) is 8.36. The van der Waals surface area contributed by atoms with Crippen LogP contribution in [0.2, 0.25) is 5.02 Å². The first-order chi connectivity index (χ1) is 16.0. The topological polar surface area (TPSA) is 75.4 Å². The zero-order valence-corrected chi connectivity index (χ0v) is 19.1. The molecule has 0 aromatic heterocycles. The molecule has 1 heterocycles. The maximum atomic E-state index is 13.6. The van der Waals surface area contributed by atoms with Gasteiger partial charge in [-0.15, -0.1) is 0 Å². The standard InChI is InChI=1S/C27H28ClN3O2/c28-22-14-7-9-19(17-22)18-30-26(32)23-15-8-16-31(23)27(33)25(29)24(20-10-3-1-4-11-20)21-12-5-2-6-13-21/h1-7,9-14,17,23-25H,8,15-16,18,29H2,(H,30,32). The van der Waals surface area contributed by atoms with Gasteiger partial charge < -0.3 is 16.0 Å². The smallest absolute Gasteiger partial charge is 0.243 e. The Labute approximate surface area is 199 Å². The highest BCUT2D eigenvalue weighted by molar-refractivity contribution is 6.30. The Balaban J connectivity index is 1.50. The Morgan fingerprint density at radius 3 is 2.21 bits per heavy atom. The summed E-state index contributed by atoms with van der Waals surface area (Å²) in [5, 5.41) is 3.58. The third-order valence-electron chi connectivity index (χ3n) is 6.16. The number of hydrogen-bond donors (Lipinski definition) is 2. The first-order valence-corrected chi connectivity index (χ1v) is 11.6. The fourth-order valence-corrected chi connectivity index (χ4v) is 4.73. The second kappa shape index (κ2) is 10.6. The number of nitrogens with zero attached hydrogens (tertiary/aromatic N) is 1. The maximum absolute atomic E-state index is 13.6. The lowest BCUT2D eigenvalue weighted by atomic mass is 9.84. The predicted octanol–water partition coefficient (Wildman–Crippen LogP) is 4.11. The second-order valence-corrected chi connectivity index (χ2v) is 8.80. The van der Waals surface area contributed by atoms with E-state index >= 15 is 0 Å². The third-order valence-corrected chi connectivity index (χ3v) is 6.39. The Morgan fingerprint density at radius 2 is 1.61 bits per heavy atom. The van der Waals surface area contributed by atoms with Gasteiger partial charge in [-0.05, 0) is 41.7 Å². The van der Waals surface area contributed by atoms with E-state index in [1.807, 2.05) is 78.9 Å². The fraction of sp³-hybridized carbons (Fsp3) is 0.259. The van der Waals surface area contributed by atoms with Crippen LogP contribution < -0.4 is 11.1 Å². The highest BCUT2D eigenvalue weighted by Gasteiger charge is 2.39. The molecule has 0 spiro atoms. The van der Waals surface area contributed by atoms with Crippen LogP contribution in [0.15, 0.2) is 84.9 Å². The molecular weight excluding hydrogens is 434 g/mol. The van der Waals surface area contributed by atoms with E-state index in [9.17, 15) is 9.59 Å². The molecule has 2 amide bonds. The van der Waals surface area contributed by atoms with E-state index < -0.39 is 12.1 Å². The van der Waals surface area contributed by atoms with E-state index in [-0.39, 0.29) is 17.7 Å². The average Bonchev–Trinajstić information content (AvgIpc) is 3.34. The van der Waals surface area contributed by atoms with Crippen molar-refractivity contribution in [3.8, 4) is 0 Å². The number of amides is 2. The van der Waals surface area contributed by atoms with Gasteiger partial charge in [0.25, 0.3) is 0 Å². The zero-order valence-electron chi connectivity index (χ0n) is 18.4. The SMILES string of the molecule is NC(C(=O)N1CCCC1C(=O)NCc1cccc(Cl)c1)C(c1ccccc1)c1ccccc1. The van der Waals surface area contributed by atoms with Crippen LogP contribution in [-0.4, -0.2) is 35.3 Å². The van der Waals surface area contributed by atoms with Crippen molar-refractivity contribution in [1.29, 1.82) is 0 Å². The maximum Gasteiger partial charge on any atom is 0.243 e. The highest BCUT2D eigenvalue weighted by Crippen LogP contribution is 2.30. The number of carbonyl (C=O) groups is 2. The molecule has 170 valence electrons. The molecule has 1 aliphatic rings. The van der Waals surface area contributed by atoms with Crippen LogP contribution >= 0.6 is 11.6 Å². The lowest BCUT2D eigenvalue weighted by Crippen LogP contribution is -2.52. The summed E-state index contributed by atoms with van der Waals surface area (Å²) in [5.41, 5.74) is 9.48. The van der Waals surface area contributed by atoms with Gasteiger partial charge in [-0.2, -0.15) is 0 Å². The van der Waals surface area contributed by atoms with Crippen molar-refractivity contribution in [3.05, 3.63) is 107 Å². The lowest BCUT2D eigenvalue weighted by Gasteiger charge is -2.31. The van der Waals surface area contributed by atoms with Crippen molar-refractivity contribution in [2.45, 2.75) is 37.4 Å². The molecular formula is C27H28ClN3O2. The Morgan fingerprint density at radius 1 is 0.970 bits per heavy atom. The van der Waals surface area contributed by atoms with Crippen LogP contribution in [0.1, 0.15) is 35.4 Å². The molecule has 3 aromatic carbocycles. The summed E-state index contributed by atoms with van der Waals surface area (Å²) in [4.78, 5) is 28.2. The Kier molecular flexibility index (Phi) is 7.43. The number of hydrogen-bond acceptors (Lipinski definition) is 3. The highest BCUT2D eigenvalue weighted by atomic mass is 35.5. The predicted molar refractivity (Wildman–Crippen MR) is 131 cm³/mol. The molecule has 0 bridgehead atoms. The molecule has 3 N–H and O–H groups in total. The van der Waals surface area contributed by atoms with Crippen LogP contribution in [0.25, 0.3) is 0 Å². The summed E-state index contributed by atoms with van der Waals surface area (Å²) in [6, 6.07) is 25.7. The van der Waals surface area contributed by atoms with Gasteiger partial charge in [0.15, 0.2) is 0 Å². The largest absolute Gasteiger partial charge is 0.350 e. The van der Waals surface area contributed by atoms with Gasteiger partial charge >= 0.3 is 0 Å². The Bertz CT molecular complexity index is 1050. The van der Waals surface area contributed by atoms with Crippen LogP contribution in [0, 0.1) is 0 Å². The summed E-state index contributed by atoms with van der Waals surface area (Å²) >= 11 is 6.04. The molecule has 0 saturated carbocycles. The van der Waals surface area contributed by atoms with Crippen molar-refractivity contribution in [1.82, 2.24) is 10.2 Å². The zero-order chi connectivity index (χ0) is 23.2. The summed E-state index contributed by atoms with van der Waals surface area (Å²) in [6.45, 7) is 0.888. The van der Waals surface area contributed by atoms with Crippen molar-refractivity contribution < 1.29 is 9.59 Å². The number of nitrogens with one attached hydrogen (secondary N) is 1. The normalized spacial score (nSPS) is 16.6. The van der Waals surface area contributed by atoms with Gasteiger partial charge in [0.2, 0.25) is 11.8 Å². The van der Waals surface area contributed by atoms with E-state index in [0.717, 1.165) is 23.1 Å². The fourth-order valence-electron chi connectivity index (χ4n) is 4.52. The molecule has 6 heteroatoms. The average molecular weight is 462 g/mol. The van der Waals surface area contributed by atoms with Gasteiger partial charge in [0, 0.05) is 24.0 Å². The number of likely N-dealkylation sites (tertiary alicyclic amines) is 1. The number of halogens is 1. The van der Waals surface area contributed by atoms with Crippen LogP contribution in [0.3, 0.4) is 0 Å². The molecule has 0 radical (unpaired) electrons. The number of nitrogens with two attached hydrogens (primary N) is 1. The monoisotopic (exact) mass is 461 g/mol. The van der Waals surface area contributed by atoms with Crippen LogP contribution in [0.4, 0.5) is 0 Å². The number of rotatable bonds is 7. The molecule has 5 nitrogen and oxygen atoms in total. The quantitative estimate of drug-likeness (QED) is 0.556. The number of benzene rings is 3. The summed E-state index contributed by atoms with van der Waals surface area (Å²) in [5.74, 6) is -0.659. The molecule has 1 fully saturated rings. The molecule has 33 heavy (non-hydrogen) atoms. The molecule has 2 unspecified atom stereocenters. The minimum Gasteiger partial charge on any atom is -0.350 e. The van der Waals surface area contributed by atoms with Crippen molar-refractivity contribution in [3.63, 3.8) is 0 Å². The van der Waals surface area contributed by atoms with Gasteiger partial charge in [0.1, 0.15) is 6.04 Å². The van der Waals surface area contributed by atoms with Crippen LogP contribution in [0.5, 0.6) is 0 Å². The first-order valence-electron chi connectivity index (χ1n) is 11.2. The summed E-state index contributed by atoms with van der Waals surface area (Å²) in [7, 11) is 0. The van der Waals surface area contributed by atoms with E-state index in [0.29, 0.717) is 24.5 Å². The Hall–Kier alpha value is -3.15. The van der Waals surface area contributed by atoms with Crippen LogP contribution in [-0.2, 0) is 16.1 Å². The number of carbonyl (C=O) groups excluding carboxylic acids is 2. The van der Waals surface area contributed by atoms with Crippen molar-refractivity contribution in [2.75, 3.05) is 6.54 Å². The van der Waals surface area contributed by atoms with E-state index in [1.54, 1.807) is 11.0 Å². The van der Waals surface area contributed by atoms with Crippen molar-refractivity contribution in [2.24, 2.45) is 5.73 Å².